The van der Waals surface area contributed by atoms with Crippen molar-refractivity contribution in [2.45, 2.75) is 25.7 Å². The number of ether oxygens (including phenoxy) is 1. The fourth-order valence-corrected chi connectivity index (χ4v) is 3.78. The number of anilines is 1. The zero-order valence-electron chi connectivity index (χ0n) is 13.8. The number of benzene rings is 1. The van der Waals surface area contributed by atoms with Crippen molar-refractivity contribution in [2.75, 3.05) is 18.7 Å². The number of rotatable bonds is 2. The van der Waals surface area contributed by atoms with Gasteiger partial charge in [-0.1, -0.05) is 17.7 Å². The van der Waals surface area contributed by atoms with Gasteiger partial charge in [0.25, 0.3) is 0 Å². The first-order valence-electron chi connectivity index (χ1n) is 6.80. The van der Waals surface area contributed by atoms with Crippen LogP contribution in [0.2, 0.25) is 0 Å². The minimum Gasteiger partial charge on any atom is -0.744 e. The number of pyridine rings is 1. The van der Waals surface area contributed by atoms with E-state index < -0.39 is 10.1 Å². The van der Waals surface area contributed by atoms with Crippen LogP contribution in [0, 0.1) is 24.3 Å². The Balaban J connectivity index is 0.000000243. The van der Waals surface area contributed by atoms with Gasteiger partial charge in [-0.25, -0.2) is 8.42 Å². The normalized spacial score (nSPS) is 10.8. The van der Waals surface area contributed by atoms with Gasteiger partial charge in [-0.15, -0.1) is 4.68 Å². The minimum absolute atomic E-state index is 0.0851. The highest BCUT2D eigenvalue weighted by Crippen LogP contribution is 2.21. The predicted molar refractivity (Wildman–Crippen MR) is 99.1 cm³/mol. The van der Waals surface area contributed by atoms with E-state index in [9.17, 15) is 13.0 Å². The second-order valence-electron chi connectivity index (χ2n) is 5.20. The van der Waals surface area contributed by atoms with E-state index in [1.165, 1.54) is 4.68 Å². The molecule has 0 fully saturated rings. The molecule has 0 bridgehead atoms. The lowest BCUT2D eigenvalue weighted by molar-refractivity contribution is -0.624. The fraction of sp³-hybridized carbons (Fsp3) is 0.267. The zero-order chi connectivity index (χ0) is 18.7. The first kappa shape index (κ1) is 20.5. The summed E-state index contributed by atoms with van der Waals surface area (Å²) in [4.78, 5) is -0.0851. The quantitative estimate of drug-likeness (QED) is 0.299. The van der Waals surface area contributed by atoms with Crippen LogP contribution >= 0.6 is 22.6 Å². The van der Waals surface area contributed by atoms with Gasteiger partial charge in [0.15, 0.2) is 0 Å². The lowest BCUT2D eigenvalue weighted by atomic mass is 10.1. The molecular formula is C15H20IN3O4S. The Morgan fingerprint density at radius 2 is 1.67 bits per heavy atom. The average Bonchev–Trinajstić information content (AvgIpc) is 2.40. The number of hydrogen-bond donors (Lipinski definition) is 2. The summed E-state index contributed by atoms with van der Waals surface area (Å²) in [5.41, 5.74) is 7.57. The Bertz CT molecular complexity index is 831. The number of aromatic nitrogens is 1. The van der Waals surface area contributed by atoms with Crippen LogP contribution in [0.5, 0.6) is 5.75 Å². The molecule has 4 N–H and O–H groups in total. The fourth-order valence-electron chi connectivity index (χ4n) is 2.29. The number of nitrogens with zero attached hydrogens (tertiary/aromatic N) is 1. The van der Waals surface area contributed by atoms with E-state index in [0.29, 0.717) is 22.7 Å². The summed E-state index contributed by atoms with van der Waals surface area (Å²) in [6.07, 6.45) is 1.72. The van der Waals surface area contributed by atoms with E-state index in [0.717, 1.165) is 9.13 Å². The SMILES string of the molecule is COc1cc(I)c[n+](N)c1N.Cc1cc(C)c(S(=O)(=O)[O-])c(C)c1. The molecule has 0 aliphatic carbocycles. The summed E-state index contributed by atoms with van der Waals surface area (Å²) in [5, 5.41) is 0. The van der Waals surface area contributed by atoms with E-state index in [2.05, 4.69) is 22.6 Å². The summed E-state index contributed by atoms with van der Waals surface area (Å²) in [5.74, 6) is 6.52. The third-order valence-corrected chi connectivity index (χ3v) is 4.87. The summed E-state index contributed by atoms with van der Waals surface area (Å²) >= 11 is 2.13. The largest absolute Gasteiger partial charge is 0.744 e. The predicted octanol–water partition coefficient (Wildman–Crippen LogP) is 1.40. The lowest BCUT2D eigenvalue weighted by Gasteiger charge is -2.14. The molecule has 0 spiro atoms. The second kappa shape index (κ2) is 7.99. The topological polar surface area (TPSA) is 122 Å². The average molecular weight is 465 g/mol. The molecule has 1 aromatic heterocycles. The van der Waals surface area contributed by atoms with Gasteiger partial charge >= 0.3 is 5.82 Å². The highest BCUT2D eigenvalue weighted by Gasteiger charge is 2.10. The number of nitrogen functional groups attached to an aromatic ring is 2. The van der Waals surface area contributed by atoms with Crippen LogP contribution in [0.4, 0.5) is 5.82 Å². The second-order valence-corrected chi connectivity index (χ2v) is 7.76. The van der Waals surface area contributed by atoms with Crippen molar-refractivity contribution in [1.82, 2.24) is 0 Å². The van der Waals surface area contributed by atoms with Gasteiger partial charge in [-0.05, 0) is 54.5 Å². The van der Waals surface area contributed by atoms with Gasteiger partial charge in [0.05, 0.1) is 15.6 Å². The molecule has 0 aliphatic heterocycles. The molecule has 1 aromatic carbocycles. The third-order valence-electron chi connectivity index (χ3n) is 3.14. The number of methoxy groups -OCH3 is 1. The lowest BCUT2D eigenvalue weighted by Crippen LogP contribution is -2.47. The van der Waals surface area contributed by atoms with Crippen LogP contribution in [-0.2, 0) is 10.1 Å². The molecule has 9 heteroatoms. The van der Waals surface area contributed by atoms with Crippen LogP contribution in [0.25, 0.3) is 0 Å². The summed E-state index contributed by atoms with van der Waals surface area (Å²) < 4.78 is 39.8. The van der Waals surface area contributed by atoms with Crippen LogP contribution in [0.15, 0.2) is 29.3 Å². The van der Waals surface area contributed by atoms with Gasteiger partial charge in [0, 0.05) is 6.07 Å². The monoisotopic (exact) mass is 465 g/mol. The number of nitrogens with two attached hydrogens (primary N) is 2. The first-order chi connectivity index (χ1) is 11.0. The standard InChI is InChI=1S/C9H12O3S.C6H8IN3O/c1-6-4-7(2)9(8(3)5-6)13(10,11)12;1-11-5-2-4(7)3-10(9)6(5)8/h4-5H,1-3H3,(H,10,11,12);2-3,8H,9H2,1H3. The van der Waals surface area contributed by atoms with Crippen LogP contribution < -0.4 is 21.0 Å². The molecule has 0 saturated heterocycles. The van der Waals surface area contributed by atoms with Gasteiger partial charge in [-0.2, -0.15) is 0 Å². The van der Waals surface area contributed by atoms with Gasteiger partial charge in [0.1, 0.15) is 16.3 Å². The van der Waals surface area contributed by atoms with Crippen LogP contribution in [0.3, 0.4) is 0 Å². The van der Waals surface area contributed by atoms with Crippen LogP contribution in [-0.4, -0.2) is 20.1 Å². The molecular weight excluding hydrogens is 445 g/mol. The maximum absolute atomic E-state index is 10.8. The zero-order valence-corrected chi connectivity index (χ0v) is 16.8. The van der Waals surface area contributed by atoms with Gasteiger partial charge in [0.2, 0.25) is 5.75 Å². The first-order valence-corrected chi connectivity index (χ1v) is 9.29. The molecule has 0 atom stereocenters. The maximum Gasteiger partial charge on any atom is 0.338 e. The molecule has 0 saturated carbocycles. The van der Waals surface area contributed by atoms with Crippen molar-refractivity contribution in [3.05, 3.63) is 44.7 Å². The molecule has 0 radical (unpaired) electrons. The van der Waals surface area contributed by atoms with Crippen molar-refractivity contribution in [3.63, 3.8) is 0 Å². The third kappa shape index (κ3) is 5.21. The van der Waals surface area contributed by atoms with Crippen molar-refractivity contribution < 1.29 is 22.4 Å². The van der Waals surface area contributed by atoms with E-state index in [1.54, 1.807) is 39.3 Å². The van der Waals surface area contributed by atoms with E-state index >= 15 is 0 Å². The Morgan fingerprint density at radius 1 is 1.17 bits per heavy atom. The van der Waals surface area contributed by atoms with E-state index in [1.807, 2.05) is 13.0 Å². The summed E-state index contributed by atoms with van der Waals surface area (Å²) in [6.45, 7) is 5.12. The molecule has 1 heterocycles. The van der Waals surface area contributed by atoms with E-state index in [-0.39, 0.29) is 4.90 Å². The van der Waals surface area contributed by atoms with Crippen molar-refractivity contribution in [3.8, 4) is 5.75 Å². The summed E-state index contributed by atoms with van der Waals surface area (Å²) in [6, 6.07) is 5.20. The smallest absolute Gasteiger partial charge is 0.338 e. The van der Waals surface area contributed by atoms with Crippen molar-refractivity contribution in [1.29, 1.82) is 0 Å². The molecule has 132 valence electrons. The van der Waals surface area contributed by atoms with Crippen molar-refractivity contribution in [2.24, 2.45) is 0 Å². The number of aryl methyl sites for hydroxylation is 3. The number of halogens is 1. The highest BCUT2D eigenvalue weighted by atomic mass is 127. The van der Waals surface area contributed by atoms with Crippen molar-refractivity contribution >= 4 is 38.5 Å². The Morgan fingerprint density at radius 3 is 2.08 bits per heavy atom. The van der Waals surface area contributed by atoms with Gasteiger partial charge in [-0.3, -0.25) is 11.6 Å². The molecule has 7 nitrogen and oxygen atoms in total. The Labute approximate surface area is 155 Å². The highest BCUT2D eigenvalue weighted by molar-refractivity contribution is 14.1. The molecule has 24 heavy (non-hydrogen) atoms. The minimum atomic E-state index is -4.33. The van der Waals surface area contributed by atoms with E-state index in [4.69, 9.17) is 16.3 Å². The molecule has 2 rings (SSSR count). The summed E-state index contributed by atoms with van der Waals surface area (Å²) in [7, 11) is -2.77. The van der Waals surface area contributed by atoms with Gasteiger partial charge < -0.3 is 9.29 Å². The molecule has 2 aromatic rings. The number of hydrogen-bond acceptors (Lipinski definition) is 6. The maximum atomic E-state index is 10.8. The molecule has 0 amide bonds. The molecule has 0 unspecified atom stereocenters. The molecule has 0 aliphatic rings. The van der Waals surface area contributed by atoms with Crippen LogP contribution in [0.1, 0.15) is 16.7 Å². The Hall–Kier alpha value is -1.59. The Kier molecular flexibility index (Phi) is 6.81.